The number of rotatable bonds is 4. The van der Waals surface area contributed by atoms with Gasteiger partial charge in [0.2, 0.25) is 0 Å². The second kappa shape index (κ2) is 12.4. The third-order valence-corrected chi connectivity index (χ3v) is 13.5. The van der Waals surface area contributed by atoms with Crippen molar-refractivity contribution in [3.63, 3.8) is 0 Å². The molecule has 2 aliphatic carbocycles. The van der Waals surface area contributed by atoms with Crippen molar-refractivity contribution in [2.75, 3.05) is 4.90 Å². The Kier molecular flexibility index (Phi) is 6.02. The molecule has 0 N–H and O–H groups in total. The Labute approximate surface area is 363 Å². The zero-order chi connectivity index (χ0) is 44.0. The molecule has 288 valence electrons. The average molecular weight is 793 g/mol. The molecular formula is C59H36N2O. The van der Waals surface area contributed by atoms with E-state index in [1.165, 1.54) is 0 Å². The quantitative estimate of drug-likeness (QED) is 0.177. The lowest BCUT2D eigenvalue weighted by Gasteiger charge is -2.40. The Hall–Kier alpha value is -8.14. The number of aromatic nitrogens is 1. The summed E-state index contributed by atoms with van der Waals surface area (Å²) in [5, 5.41) is 6.35. The van der Waals surface area contributed by atoms with Crippen LogP contribution in [-0.4, -0.2) is 4.57 Å². The number of furan rings is 1. The number of para-hydroxylation sites is 3. The fraction of sp³-hybridized carbons (Fsp3) is 0.0169. The largest absolute Gasteiger partial charge is 0.456 e. The van der Waals surface area contributed by atoms with Gasteiger partial charge in [-0.05, 0) is 104 Å². The minimum atomic E-state index is -1.09. The molecule has 1 unspecified atom stereocenters. The van der Waals surface area contributed by atoms with Crippen LogP contribution >= 0.6 is 0 Å². The molecule has 0 saturated carbocycles. The molecule has 0 aliphatic heterocycles. The number of hydrogen-bond donors (Lipinski definition) is 0. The van der Waals surface area contributed by atoms with Gasteiger partial charge in [0, 0.05) is 33.1 Å². The predicted molar refractivity (Wildman–Crippen MR) is 257 cm³/mol. The smallest absolute Gasteiger partial charge is 0.137 e. The summed E-state index contributed by atoms with van der Waals surface area (Å²) >= 11 is 0. The predicted octanol–water partition coefficient (Wildman–Crippen LogP) is 15.6. The van der Waals surface area contributed by atoms with Crippen LogP contribution in [0.1, 0.15) is 27.7 Å². The molecular weight excluding hydrogens is 753 g/mol. The molecule has 2 aromatic heterocycles. The van der Waals surface area contributed by atoms with Gasteiger partial charge in [0.25, 0.3) is 0 Å². The van der Waals surface area contributed by atoms with Gasteiger partial charge in [-0.25, -0.2) is 0 Å². The molecule has 14 rings (SSSR count). The average Bonchev–Trinajstić information content (AvgIpc) is 4.02. The highest BCUT2D eigenvalue weighted by molar-refractivity contribution is 6.16. The highest BCUT2D eigenvalue weighted by atomic mass is 16.3. The van der Waals surface area contributed by atoms with Crippen molar-refractivity contribution in [2.24, 2.45) is 0 Å². The van der Waals surface area contributed by atoms with E-state index in [4.69, 9.17) is 4.42 Å². The highest BCUT2D eigenvalue weighted by Crippen LogP contribution is 2.64. The number of hydrogen-bond acceptors (Lipinski definition) is 2. The van der Waals surface area contributed by atoms with Gasteiger partial charge < -0.3 is 13.9 Å². The molecule has 62 heavy (non-hydrogen) atoms. The van der Waals surface area contributed by atoms with Crippen LogP contribution in [0.4, 0.5) is 17.1 Å². The Bertz CT molecular complexity index is 4070. The van der Waals surface area contributed by atoms with Gasteiger partial charge in [0.05, 0.1) is 38.7 Å². The van der Waals surface area contributed by atoms with Crippen molar-refractivity contribution in [1.82, 2.24) is 4.57 Å². The summed E-state index contributed by atoms with van der Waals surface area (Å²) in [6.45, 7) is 0. The standard InChI is InChI=1S/C59H36N2O/c1-2-18-38(19-3-1)60-50-29-10-6-21-41(50)42-35-34-39(36-53(42)60)61(52-31-15-33-55-58(52)45-23-7-11-32-54(45)62-55)51-30-14-28-49-57(51)44-22-5-9-26-47(44)59(49)46-25-8-4-20-40(46)43-24-12-16-37-17-13-27-48(59)56(37)43/h1-36H/i5D,9D,22D,26D. The molecule has 1 spiro atoms. The van der Waals surface area contributed by atoms with Crippen molar-refractivity contribution in [2.45, 2.75) is 5.41 Å². The first-order valence-electron chi connectivity index (χ1n) is 23.1. The fourth-order valence-electron chi connectivity index (χ4n) is 11.1. The minimum Gasteiger partial charge on any atom is -0.456 e. The van der Waals surface area contributed by atoms with Crippen LogP contribution < -0.4 is 4.90 Å². The van der Waals surface area contributed by atoms with E-state index in [1.54, 1.807) is 0 Å². The maximum absolute atomic E-state index is 9.98. The molecule has 2 aliphatic rings. The molecule has 2 heterocycles. The molecule has 10 aromatic carbocycles. The van der Waals surface area contributed by atoms with Crippen molar-refractivity contribution in [1.29, 1.82) is 0 Å². The first-order chi connectivity index (χ1) is 32.4. The number of nitrogens with zero attached hydrogens (tertiary/aromatic N) is 2. The first-order valence-corrected chi connectivity index (χ1v) is 21.1. The third-order valence-electron chi connectivity index (χ3n) is 13.5. The van der Waals surface area contributed by atoms with E-state index in [2.05, 4.69) is 167 Å². The molecule has 1 atom stereocenters. The Morgan fingerprint density at radius 1 is 0.452 bits per heavy atom. The summed E-state index contributed by atoms with van der Waals surface area (Å²) in [7, 11) is 0. The summed E-state index contributed by atoms with van der Waals surface area (Å²) in [5.41, 5.74) is 13.1. The summed E-state index contributed by atoms with van der Waals surface area (Å²) in [5.74, 6) is 0. The molecule has 0 radical (unpaired) electrons. The zero-order valence-electron chi connectivity index (χ0n) is 37.3. The lowest BCUT2D eigenvalue weighted by Crippen LogP contribution is -2.31. The van der Waals surface area contributed by atoms with Crippen molar-refractivity contribution < 1.29 is 9.90 Å². The molecule has 0 fully saturated rings. The van der Waals surface area contributed by atoms with Crippen molar-refractivity contribution >= 4 is 71.6 Å². The monoisotopic (exact) mass is 792 g/mol. The van der Waals surface area contributed by atoms with Crippen LogP contribution in [-0.2, 0) is 5.41 Å². The summed E-state index contributed by atoms with van der Waals surface area (Å²) in [6, 6.07) is 67.0. The van der Waals surface area contributed by atoms with Crippen LogP contribution in [0.2, 0.25) is 0 Å². The first kappa shape index (κ1) is 30.0. The maximum atomic E-state index is 9.98. The summed E-state index contributed by atoms with van der Waals surface area (Å²) in [4.78, 5) is 2.29. The second-order valence-electron chi connectivity index (χ2n) is 16.4. The normalized spacial score (nSPS) is 15.7. The van der Waals surface area contributed by atoms with Gasteiger partial charge in [-0.2, -0.15) is 0 Å². The van der Waals surface area contributed by atoms with E-state index in [1.807, 2.05) is 36.4 Å². The number of anilines is 3. The Balaban J connectivity index is 1.16. The Morgan fingerprint density at radius 3 is 2.06 bits per heavy atom. The topological polar surface area (TPSA) is 21.3 Å². The van der Waals surface area contributed by atoms with E-state index < -0.39 is 5.41 Å². The summed E-state index contributed by atoms with van der Waals surface area (Å²) < 4.78 is 47.4. The molecule has 0 amide bonds. The van der Waals surface area contributed by atoms with E-state index >= 15 is 0 Å². The lowest BCUT2D eigenvalue weighted by atomic mass is 9.61. The zero-order valence-corrected chi connectivity index (χ0v) is 33.3. The highest BCUT2D eigenvalue weighted by Gasteiger charge is 2.51. The number of benzene rings is 10. The molecule has 0 saturated heterocycles. The van der Waals surface area contributed by atoms with Crippen LogP contribution in [0.3, 0.4) is 0 Å². The van der Waals surface area contributed by atoms with E-state index in [9.17, 15) is 5.48 Å². The Morgan fingerprint density at radius 2 is 1.13 bits per heavy atom. The van der Waals surface area contributed by atoms with Crippen LogP contribution in [0.15, 0.2) is 223 Å². The fourth-order valence-corrected chi connectivity index (χ4v) is 11.1. The lowest BCUT2D eigenvalue weighted by molar-refractivity contribution is 0.669. The van der Waals surface area contributed by atoms with Crippen molar-refractivity contribution in [3.05, 3.63) is 241 Å². The molecule has 12 aromatic rings. The molecule has 3 nitrogen and oxygen atoms in total. The maximum Gasteiger partial charge on any atom is 0.137 e. The minimum absolute atomic E-state index is 0.0392. The summed E-state index contributed by atoms with van der Waals surface area (Å²) in [6.07, 6.45) is 0. The van der Waals surface area contributed by atoms with Gasteiger partial charge in [0.1, 0.15) is 11.2 Å². The third kappa shape index (κ3) is 4.29. The SMILES string of the molecule is [2H]c1c([2H])c([2H])c2c(c1[2H])-c1c(N(c3ccc4c5ccccc5n(-c5ccccc5)c4c3)c3cccc4oc5ccccc5c34)cccc1C21c2ccccc2-c2cccc3cccc1c23. The van der Waals surface area contributed by atoms with Crippen LogP contribution in [0.25, 0.3) is 82.5 Å². The number of fused-ring (bicyclic) bond motifs is 15. The van der Waals surface area contributed by atoms with Gasteiger partial charge in [-0.1, -0.05) is 164 Å². The van der Waals surface area contributed by atoms with Gasteiger partial charge in [-0.15, -0.1) is 0 Å². The van der Waals surface area contributed by atoms with E-state index in [0.29, 0.717) is 11.1 Å². The van der Waals surface area contributed by atoms with Crippen molar-refractivity contribution in [3.8, 4) is 27.9 Å². The van der Waals surface area contributed by atoms with Crippen LogP contribution in [0, 0.1) is 0 Å². The molecule has 0 bridgehead atoms. The van der Waals surface area contributed by atoms with Crippen LogP contribution in [0.5, 0.6) is 0 Å². The van der Waals surface area contributed by atoms with E-state index in [-0.39, 0.29) is 24.2 Å². The van der Waals surface area contributed by atoms with Gasteiger partial charge in [-0.3, -0.25) is 0 Å². The van der Waals surface area contributed by atoms with Gasteiger partial charge in [0.15, 0.2) is 0 Å². The van der Waals surface area contributed by atoms with E-state index in [0.717, 1.165) is 111 Å². The van der Waals surface area contributed by atoms with Gasteiger partial charge >= 0.3 is 0 Å². The second-order valence-corrected chi connectivity index (χ2v) is 16.4. The molecule has 3 heteroatoms.